The third-order valence-electron chi connectivity index (χ3n) is 3.25. The van der Waals surface area contributed by atoms with Crippen molar-refractivity contribution in [1.29, 1.82) is 0 Å². The van der Waals surface area contributed by atoms with Crippen molar-refractivity contribution in [2.75, 3.05) is 10.6 Å². The first kappa shape index (κ1) is 18.0. The lowest BCUT2D eigenvalue weighted by atomic mass is 10.2. The summed E-state index contributed by atoms with van der Waals surface area (Å²) >= 11 is 0. The quantitative estimate of drug-likeness (QED) is 0.724. The topological polar surface area (TPSA) is 105 Å². The Balaban J connectivity index is 1.95. The third-order valence-corrected chi connectivity index (χ3v) is 3.25. The number of carbonyl (C=O) groups excluding carboxylic acids is 3. The first-order valence-electron chi connectivity index (χ1n) is 7.54. The van der Waals surface area contributed by atoms with Gasteiger partial charge in [0.25, 0.3) is 5.91 Å². The highest BCUT2D eigenvalue weighted by Crippen LogP contribution is 2.18. The van der Waals surface area contributed by atoms with E-state index in [4.69, 9.17) is 4.74 Å². The predicted molar refractivity (Wildman–Crippen MR) is 92.4 cm³/mol. The summed E-state index contributed by atoms with van der Waals surface area (Å²) in [5.74, 6) is -1.71. The van der Waals surface area contributed by atoms with E-state index in [1.807, 2.05) is 0 Å². The number of carbonyl (C=O) groups is 3. The Bertz CT molecular complexity index is 786. The fourth-order valence-corrected chi connectivity index (χ4v) is 2.01. The zero-order chi connectivity index (χ0) is 18.4. The fraction of sp³-hybridized carbons (Fsp3) is 0.167. The molecule has 2 rings (SSSR count). The number of benzene rings is 2. The fourth-order valence-electron chi connectivity index (χ4n) is 2.01. The van der Waals surface area contributed by atoms with Gasteiger partial charge < -0.3 is 20.5 Å². The Morgan fingerprint density at radius 3 is 2.08 bits per heavy atom. The van der Waals surface area contributed by atoms with Gasteiger partial charge in [0.05, 0.1) is 0 Å². The van der Waals surface area contributed by atoms with Crippen LogP contribution in [0.5, 0.6) is 5.75 Å². The first-order chi connectivity index (χ1) is 11.9. The van der Waals surface area contributed by atoms with Crippen LogP contribution in [0.1, 0.15) is 24.2 Å². The lowest BCUT2D eigenvalue weighted by molar-refractivity contribution is -0.123. The Hall–Kier alpha value is -3.35. The van der Waals surface area contributed by atoms with Gasteiger partial charge in [0.1, 0.15) is 11.3 Å². The Morgan fingerprint density at radius 1 is 0.960 bits per heavy atom. The van der Waals surface area contributed by atoms with Crippen molar-refractivity contribution in [2.24, 2.45) is 0 Å². The highest BCUT2D eigenvalue weighted by Gasteiger charge is 2.20. The van der Waals surface area contributed by atoms with Crippen LogP contribution in [0.25, 0.3) is 0 Å². The first-order valence-corrected chi connectivity index (χ1v) is 7.54. The van der Waals surface area contributed by atoms with Gasteiger partial charge in [-0.3, -0.25) is 9.59 Å². The number of ether oxygens (including phenoxy) is 1. The molecule has 0 aromatic heterocycles. The molecule has 0 unspecified atom stereocenters. The van der Waals surface area contributed by atoms with E-state index < -0.39 is 18.0 Å². The molecular weight excluding hydrogens is 324 g/mol. The van der Waals surface area contributed by atoms with Gasteiger partial charge >= 0.3 is 5.97 Å². The van der Waals surface area contributed by atoms with Gasteiger partial charge in [0, 0.05) is 18.3 Å². The summed E-state index contributed by atoms with van der Waals surface area (Å²) in [4.78, 5) is 35.0. The molecular formula is C18H18N2O5. The van der Waals surface area contributed by atoms with Crippen molar-refractivity contribution in [2.45, 2.75) is 20.0 Å². The van der Waals surface area contributed by atoms with E-state index in [2.05, 4.69) is 10.6 Å². The van der Waals surface area contributed by atoms with E-state index in [0.717, 1.165) is 0 Å². The molecule has 2 aromatic rings. The van der Waals surface area contributed by atoms with E-state index in [-0.39, 0.29) is 17.2 Å². The van der Waals surface area contributed by atoms with Gasteiger partial charge in [-0.25, -0.2) is 4.79 Å². The molecule has 0 heterocycles. The Morgan fingerprint density at radius 2 is 1.52 bits per heavy atom. The number of hydrogen-bond donors (Lipinski definition) is 3. The number of rotatable bonds is 5. The molecule has 0 bridgehead atoms. The maximum absolute atomic E-state index is 12.1. The van der Waals surface area contributed by atoms with Crippen molar-refractivity contribution in [3.8, 4) is 5.75 Å². The number of amides is 2. The molecule has 3 N–H and O–H groups in total. The van der Waals surface area contributed by atoms with Crippen LogP contribution in [0.3, 0.4) is 0 Å². The standard InChI is InChI=1S/C18H18N2O5/c1-11(25-18(24)15-5-3-4-6-16(15)22)17(23)20-14-9-7-13(8-10-14)19-12(2)21/h3-11,22H,1-2H3,(H,19,21)(H,20,23)/t11-/m1/s1. The summed E-state index contributed by atoms with van der Waals surface area (Å²) in [7, 11) is 0. The van der Waals surface area contributed by atoms with Crippen LogP contribution in [0, 0.1) is 0 Å². The molecule has 7 nitrogen and oxygen atoms in total. The van der Waals surface area contributed by atoms with Gasteiger partial charge in [-0.05, 0) is 43.3 Å². The van der Waals surface area contributed by atoms with E-state index in [0.29, 0.717) is 11.4 Å². The Kier molecular flexibility index (Phi) is 5.73. The second kappa shape index (κ2) is 7.96. The van der Waals surface area contributed by atoms with E-state index in [1.165, 1.54) is 26.0 Å². The average molecular weight is 342 g/mol. The molecule has 0 saturated heterocycles. The van der Waals surface area contributed by atoms with E-state index in [1.54, 1.807) is 36.4 Å². The van der Waals surface area contributed by atoms with Crippen LogP contribution in [0.4, 0.5) is 11.4 Å². The zero-order valence-electron chi connectivity index (χ0n) is 13.8. The van der Waals surface area contributed by atoms with Crippen molar-refractivity contribution in [3.05, 3.63) is 54.1 Å². The summed E-state index contributed by atoms with van der Waals surface area (Å²) < 4.78 is 5.06. The molecule has 1 atom stereocenters. The maximum atomic E-state index is 12.1. The van der Waals surface area contributed by atoms with Crippen LogP contribution in [-0.4, -0.2) is 29.0 Å². The largest absolute Gasteiger partial charge is 0.507 e. The monoisotopic (exact) mass is 342 g/mol. The average Bonchev–Trinajstić information content (AvgIpc) is 2.56. The molecule has 0 aliphatic heterocycles. The number of para-hydroxylation sites is 1. The molecule has 0 radical (unpaired) electrons. The van der Waals surface area contributed by atoms with Gasteiger partial charge in [0.2, 0.25) is 5.91 Å². The highest BCUT2D eigenvalue weighted by molar-refractivity contribution is 5.98. The van der Waals surface area contributed by atoms with Gasteiger partial charge in [0.15, 0.2) is 6.10 Å². The van der Waals surface area contributed by atoms with Crippen LogP contribution in [0.2, 0.25) is 0 Å². The molecule has 0 aliphatic carbocycles. The van der Waals surface area contributed by atoms with Crippen LogP contribution in [0.15, 0.2) is 48.5 Å². The van der Waals surface area contributed by atoms with Crippen molar-refractivity contribution in [3.63, 3.8) is 0 Å². The lowest BCUT2D eigenvalue weighted by Gasteiger charge is -2.14. The number of esters is 1. The number of aromatic hydroxyl groups is 1. The number of phenolic OH excluding ortho intramolecular Hbond substituents is 1. The molecule has 2 amide bonds. The molecule has 0 spiro atoms. The molecule has 7 heteroatoms. The minimum atomic E-state index is -1.05. The normalized spacial score (nSPS) is 11.3. The highest BCUT2D eigenvalue weighted by atomic mass is 16.5. The summed E-state index contributed by atoms with van der Waals surface area (Å²) in [6.07, 6.45) is -1.05. The second-order valence-corrected chi connectivity index (χ2v) is 5.31. The van der Waals surface area contributed by atoms with Gasteiger partial charge in [-0.2, -0.15) is 0 Å². The van der Waals surface area contributed by atoms with Crippen LogP contribution in [-0.2, 0) is 14.3 Å². The van der Waals surface area contributed by atoms with Gasteiger partial charge in [-0.1, -0.05) is 12.1 Å². The molecule has 130 valence electrons. The molecule has 0 fully saturated rings. The minimum absolute atomic E-state index is 0.0122. The zero-order valence-corrected chi connectivity index (χ0v) is 13.8. The van der Waals surface area contributed by atoms with Crippen molar-refractivity contribution >= 4 is 29.2 Å². The second-order valence-electron chi connectivity index (χ2n) is 5.31. The Labute approximate surface area is 144 Å². The minimum Gasteiger partial charge on any atom is -0.507 e. The lowest BCUT2D eigenvalue weighted by Crippen LogP contribution is -2.30. The third kappa shape index (κ3) is 5.07. The summed E-state index contributed by atoms with van der Waals surface area (Å²) in [5.41, 5.74) is 1.08. The van der Waals surface area contributed by atoms with Crippen molar-refractivity contribution < 1.29 is 24.2 Å². The molecule has 0 aliphatic rings. The van der Waals surface area contributed by atoms with E-state index in [9.17, 15) is 19.5 Å². The smallest absolute Gasteiger partial charge is 0.342 e. The number of hydrogen-bond acceptors (Lipinski definition) is 5. The van der Waals surface area contributed by atoms with Crippen LogP contribution >= 0.6 is 0 Å². The molecule has 25 heavy (non-hydrogen) atoms. The number of phenols is 1. The number of anilines is 2. The summed E-state index contributed by atoms with van der Waals surface area (Å²) in [6, 6.07) is 12.4. The summed E-state index contributed by atoms with van der Waals surface area (Å²) in [5, 5.41) is 14.8. The van der Waals surface area contributed by atoms with E-state index >= 15 is 0 Å². The summed E-state index contributed by atoms with van der Waals surface area (Å²) in [6.45, 7) is 2.83. The number of nitrogens with one attached hydrogen (secondary N) is 2. The van der Waals surface area contributed by atoms with Gasteiger partial charge in [-0.15, -0.1) is 0 Å². The predicted octanol–water partition coefficient (Wildman–Crippen LogP) is 2.53. The SMILES string of the molecule is CC(=O)Nc1ccc(NC(=O)[C@@H](C)OC(=O)c2ccccc2O)cc1. The van der Waals surface area contributed by atoms with Crippen LogP contribution < -0.4 is 10.6 Å². The molecule has 2 aromatic carbocycles. The maximum Gasteiger partial charge on any atom is 0.342 e. The van der Waals surface area contributed by atoms with Crippen molar-refractivity contribution in [1.82, 2.24) is 0 Å². The molecule has 0 saturated carbocycles.